The van der Waals surface area contributed by atoms with E-state index in [2.05, 4.69) is 0 Å². The second-order valence-corrected chi connectivity index (χ2v) is 8.62. The van der Waals surface area contributed by atoms with Crippen molar-refractivity contribution in [3.63, 3.8) is 0 Å². The van der Waals surface area contributed by atoms with Crippen molar-refractivity contribution in [3.8, 4) is 0 Å². The number of halogens is 2. The van der Waals surface area contributed by atoms with Gasteiger partial charge in [0.1, 0.15) is 6.10 Å². The van der Waals surface area contributed by atoms with Crippen molar-refractivity contribution in [1.82, 2.24) is 0 Å². The summed E-state index contributed by atoms with van der Waals surface area (Å²) in [5, 5.41) is 29.6. The molecule has 1 aromatic carbocycles. The number of unbranched alkanes of at least 4 members (excludes halogenated alkanes) is 1. The summed E-state index contributed by atoms with van der Waals surface area (Å²) in [6, 6.07) is 7.75. The van der Waals surface area contributed by atoms with Crippen LogP contribution in [-0.4, -0.2) is 45.5 Å². The zero-order chi connectivity index (χ0) is 22.8. The fraction of sp³-hybridized carbons (Fsp3) is 0.542. The molecule has 0 spiro atoms. The monoisotopic (exact) mass is 436 g/mol. The van der Waals surface area contributed by atoms with Gasteiger partial charge < -0.3 is 20.1 Å². The highest BCUT2D eigenvalue weighted by atomic mass is 19.3. The van der Waals surface area contributed by atoms with Crippen LogP contribution >= 0.6 is 0 Å². The predicted octanol–water partition coefficient (Wildman–Crippen LogP) is 4.19. The summed E-state index contributed by atoms with van der Waals surface area (Å²) in [6.07, 6.45) is 2.02. The number of carboxylic acids is 1. The van der Waals surface area contributed by atoms with Crippen molar-refractivity contribution >= 4 is 5.97 Å². The molecule has 6 atom stereocenters. The van der Waals surface area contributed by atoms with E-state index in [0.29, 0.717) is 0 Å². The first-order valence-corrected chi connectivity index (χ1v) is 10.7. The number of alkyl halides is 2. The maximum atomic E-state index is 15.0. The normalized spacial score (nSPS) is 30.3. The molecule has 0 radical (unpaired) electrons. The van der Waals surface area contributed by atoms with Crippen LogP contribution in [0.1, 0.15) is 49.7 Å². The highest BCUT2D eigenvalue weighted by Crippen LogP contribution is 2.54. The van der Waals surface area contributed by atoms with Crippen LogP contribution < -0.4 is 0 Å². The Bertz CT molecular complexity index is 850. The molecule has 1 aliphatic heterocycles. The van der Waals surface area contributed by atoms with Crippen LogP contribution in [0.15, 0.2) is 48.3 Å². The minimum Gasteiger partial charge on any atom is -0.488 e. The molecule has 170 valence electrons. The number of allylic oxidation sites excluding steroid dienone is 2. The molecule has 2 aliphatic rings. The van der Waals surface area contributed by atoms with Crippen molar-refractivity contribution < 1.29 is 33.6 Å². The van der Waals surface area contributed by atoms with Crippen molar-refractivity contribution in [2.24, 2.45) is 11.8 Å². The van der Waals surface area contributed by atoms with Gasteiger partial charge in [0.2, 0.25) is 0 Å². The third-order valence-electron chi connectivity index (χ3n) is 6.29. The fourth-order valence-electron chi connectivity index (χ4n) is 4.51. The van der Waals surface area contributed by atoms with Crippen LogP contribution in [0, 0.1) is 18.8 Å². The summed E-state index contributed by atoms with van der Waals surface area (Å²) >= 11 is 0. The van der Waals surface area contributed by atoms with E-state index < -0.39 is 47.8 Å². The van der Waals surface area contributed by atoms with Crippen LogP contribution in [0.5, 0.6) is 0 Å². The summed E-state index contributed by atoms with van der Waals surface area (Å²) < 4.78 is 35.5. The molecule has 2 fully saturated rings. The average Bonchev–Trinajstić information content (AvgIpc) is 3.14. The van der Waals surface area contributed by atoms with Crippen molar-refractivity contribution in [2.45, 2.75) is 69.7 Å². The van der Waals surface area contributed by atoms with E-state index in [0.717, 1.165) is 11.1 Å². The second kappa shape index (κ2) is 9.49. The summed E-state index contributed by atoms with van der Waals surface area (Å²) in [7, 11) is 0. The van der Waals surface area contributed by atoms with Crippen LogP contribution in [0.4, 0.5) is 8.78 Å². The lowest BCUT2D eigenvalue weighted by Crippen LogP contribution is -2.33. The van der Waals surface area contributed by atoms with E-state index in [1.54, 1.807) is 0 Å². The molecule has 0 amide bonds. The highest BCUT2D eigenvalue weighted by molar-refractivity contribution is 5.66. The third kappa shape index (κ3) is 5.15. The number of hydrogen-bond acceptors (Lipinski definition) is 4. The van der Waals surface area contributed by atoms with Crippen LogP contribution in [0.3, 0.4) is 0 Å². The van der Waals surface area contributed by atoms with Gasteiger partial charge in [-0.2, -0.15) is 8.78 Å². The lowest BCUT2D eigenvalue weighted by atomic mass is 9.86. The number of carboxylic acid groups (broad SMARTS) is 1. The SMILES string of the molecule is Cc1cccc(C(C)[C@H](O)C=C[C@@H]2[C@@H]3[C@H](C[C@H]2O)OC(=CCCCC(=O)O)C3(F)F)c1. The standard InChI is InChI=1S/C24H30F2O5/c1-14-6-5-7-16(12-14)15(2)18(27)11-10-17-19(28)13-20-23(17)24(25,26)21(31-20)8-3-4-9-22(29)30/h5-8,10-12,15,17-20,23,27-28H,3-4,9,13H2,1-2H3,(H,29,30)/t15?,17-,18+,19+,20-,23+/m0/s1. The quantitative estimate of drug-likeness (QED) is 0.420. The van der Waals surface area contributed by atoms with Gasteiger partial charge in [0.25, 0.3) is 0 Å². The van der Waals surface area contributed by atoms with Gasteiger partial charge in [-0.25, -0.2) is 0 Å². The van der Waals surface area contributed by atoms with Gasteiger partial charge in [-0.1, -0.05) is 48.9 Å². The minimum absolute atomic E-state index is 0.0885. The number of benzene rings is 1. The number of aliphatic carboxylic acids is 1. The number of fused-ring (bicyclic) bond motifs is 1. The Labute approximate surface area is 181 Å². The number of rotatable bonds is 8. The molecule has 1 saturated heterocycles. The van der Waals surface area contributed by atoms with Crippen molar-refractivity contribution in [3.05, 3.63) is 59.4 Å². The van der Waals surface area contributed by atoms with E-state index in [9.17, 15) is 15.0 Å². The van der Waals surface area contributed by atoms with E-state index in [-0.39, 0.29) is 31.6 Å². The molecular weight excluding hydrogens is 406 g/mol. The molecule has 3 rings (SSSR count). The van der Waals surface area contributed by atoms with Gasteiger partial charge >= 0.3 is 11.9 Å². The Morgan fingerprint density at radius 3 is 2.81 bits per heavy atom. The molecule has 1 aliphatic carbocycles. The van der Waals surface area contributed by atoms with Crippen molar-refractivity contribution in [1.29, 1.82) is 0 Å². The third-order valence-corrected chi connectivity index (χ3v) is 6.29. The molecule has 1 saturated carbocycles. The van der Waals surface area contributed by atoms with Crippen molar-refractivity contribution in [2.75, 3.05) is 0 Å². The van der Waals surface area contributed by atoms with Gasteiger partial charge in [0.05, 0.1) is 18.1 Å². The van der Waals surface area contributed by atoms with E-state index >= 15 is 8.78 Å². The van der Waals surface area contributed by atoms with Gasteiger partial charge in [0.15, 0.2) is 5.76 Å². The second-order valence-electron chi connectivity index (χ2n) is 8.62. The maximum Gasteiger partial charge on any atom is 0.310 e. The van der Waals surface area contributed by atoms with Gasteiger partial charge in [-0.05, 0) is 31.4 Å². The summed E-state index contributed by atoms with van der Waals surface area (Å²) in [6.45, 7) is 3.82. The molecule has 3 N–H and O–H groups in total. The molecule has 1 aromatic rings. The molecule has 0 bridgehead atoms. The number of hydrogen-bond donors (Lipinski definition) is 3. The van der Waals surface area contributed by atoms with E-state index in [1.807, 2.05) is 38.1 Å². The molecular formula is C24H30F2O5. The van der Waals surface area contributed by atoms with Crippen LogP contribution in [-0.2, 0) is 9.53 Å². The molecule has 31 heavy (non-hydrogen) atoms. The number of carbonyl (C=O) groups is 1. The van der Waals surface area contributed by atoms with E-state index in [1.165, 1.54) is 18.2 Å². The number of aliphatic hydroxyl groups is 2. The molecule has 5 nitrogen and oxygen atoms in total. The average molecular weight is 436 g/mol. The Morgan fingerprint density at radius 1 is 1.39 bits per heavy atom. The summed E-state index contributed by atoms with van der Waals surface area (Å²) in [5.74, 6) is -6.95. The molecule has 0 aromatic heterocycles. The molecule has 1 heterocycles. The topological polar surface area (TPSA) is 87.0 Å². The zero-order valence-electron chi connectivity index (χ0n) is 17.7. The number of aryl methyl sites for hydroxylation is 1. The first-order chi connectivity index (χ1) is 14.6. The molecule has 1 unspecified atom stereocenters. The summed E-state index contributed by atoms with van der Waals surface area (Å²) in [4.78, 5) is 10.6. The Morgan fingerprint density at radius 2 is 2.13 bits per heavy atom. The Kier molecular flexibility index (Phi) is 7.17. The largest absolute Gasteiger partial charge is 0.488 e. The molecule has 7 heteroatoms. The lowest BCUT2D eigenvalue weighted by Gasteiger charge is -2.23. The van der Waals surface area contributed by atoms with Crippen LogP contribution in [0.2, 0.25) is 0 Å². The minimum atomic E-state index is -3.26. The Balaban J connectivity index is 1.70. The smallest absolute Gasteiger partial charge is 0.310 e. The first-order valence-electron chi connectivity index (χ1n) is 10.7. The van der Waals surface area contributed by atoms with E-state index in [4.69, 9.17) is 9.84 Å². The lowest BCUT2D eigenvalue weighted by molar-refractivity contribution is -0.137. The van der Waals surface area contributed by atoms with Crippen LogP contribution in [0.25, 0.3) is 0 Å². The van der Waals surface area contributed by atoms with Gasteiger partial charge in [-0.15, -0.1) is 0 Å². The predicted molar refractivity (Wildman–Crippen MR) is 112 cm³/mol. The number of aliphatic hydroxyl groups excluding tert-OH is 2. The summed E-state index contributed by atoms with van der Waals surface area (Å²) in [5.41, 5.74) is 2.02. The Hall–Kier alpha value is -2.25. The first kappa shape index (κ1) is 23.4. The van der Waals surface area contributed by atoms with Gasteiger partial charge in [0, 0.05) is 24.7 Å². The number of ether oxygens (including phenoxy) is 1. The van der Waals surface area contributed by atoms with Gasteiger partial charge in [-0.3, -0.25) is 4.79 Å². The maximum absolute atomic E-state index is 15.0. The zero-order valence-corrected chi connectivity index (χ0v) is 17.7. The highest BCUT2D eigenvalue weighted by Gasteiger charge is 2.63. The fourth-order valence-corrected chi connectivity index (χ4v) is 4.51.